The molecule has 0 atom stereocenters. The molecule has 0 amide bonds. The number of hydrogen-bond acceptors (Lipinski definition) is 5. The zero-order valence-corrected chi connectivity index (χ0v) is 11.5. The van der Waals surface area contributed by atoms with Crippen molar-refractivity contribution in [3.8, 4) is 0 Å². The molecular weight excluding hydrogens is 252 g/mol. The number of carboxylic acid groups (broad SMARTS) is 1. The second kappa shape index (κ2) is 8.88. The van der Waals surface area contributed by atoms with Crippen LogP contribution in [0.4, 0.5) is 5.13 Å². The van der Waals surface area contributed by atoms with E-state index in [-0.39, 0.29) is 6.42 Å². The van der Waals surface area contributed by atoms with E-state index >= 15 is 0 Å². The van der Waals surface area contributed by atoms with Crippen molar-refractivity contribution in [2.45, 2.75) is 32.6 Å². The lowest BCUT2D eigenvalue weighted by atomic mass is 10.2. The summed E-state index contributed by atoms with van der Waals surface area (Å²) in [7, 11) is 0. The number of nitrogens with zero attached hydrogens (tertiary/aromatic N) is 1. The van der Waals surface area contributed by atoms with Gasteiger partial charge in [0.05, 0.1) is 18.7 Å². The Morgan fingerprint density at radius 3 is 3.11 bits per heavy atom. The Labute approximate surface area is 111 Å². The number of aromatic nitrogens is 1. The van der Waals surface area contributed by atoms with Gasteiger partial charge in [0.2, 0.25) is 0 Å². The van der Waals surface area contributed by atoms with Crippen LogP contribution in [0.15, 0.2) is 5.38 Å². The highest BCUT2D eigenvalue weighted by atomic mass is 32.1. The summed E-state index contributed by atoms with van der Waals surface area (Å²) < 4.78 is 5.42. The molecule has 0 aliphatic carbocycles. The molecule has 18 heavy (non-hydrogen) atoms. The minimum atomic E-state index is -0.790. The van der Waals surface area contributed by atoms with Crippen molar-refractivity contribution in [2.75, 3.05) is 25.1 Å². The Kier molecular flexibility index (Phi) is 7.36. The molecule has 0 fully saturated rings. The lowest BCUT2D eigenvalue weighted by Crippen LogP contribution is -2.09. The second-order valence-corrected chi connectivity index (χ2v) is 4.79. The van der Waals surface area contributed by atoms with Crippen LogP contribution in [0.3, 0.4) is 0 Å². The number of ether oxygens (including phenoxy) is 1. The number of nitrogens with one attached hydrogen (secondary N) is 1. The first-order valence-corrected chi connectivity index (χ1v) is 7.08. The van der Waals surface area contributed by atoms with Gasteiger partial charge in [-0.05, 0) is 6.42 Å². The average molecular weight is 272 g/mol. The Hall–Kier alpha value is -1.14. The van der Waals surface area contributed by atoms with Crippen LogP contribution in [-0.4, -0.2) is 35.8 Å². The molecule has 0 aromatic carbocycles. The third-order valence-electron chi connectivity index (χ3n) is 2.31. The summed E-state index contributed by atoms with van der Waals surface area (Å²) in [6.07, 6.45) is 2.85. The van der Waals surface area contributed by atoms with Crippen molar-refractivity contribution in [1.82, 2.24) is 4.98 Å². The molecule has 0 bridgehead atoms. The molecule has 1 aromatic heterocycles. The van der Waals surface area contributed by atoms with Crippen LogP contribution in [0, 0.1) is 0 Å². The average Bonchev–Trinajstić information content (AvgIpc) is 2.79. The Balaban J connectivity index is 2.13. The number of hydrogen-bond donors (Lipinski definition) is 2. The molecule has 0 unspecified atom stereocenters. The summed E-state index contributed by atoms with van der Waals surface area (Å²) in [6, 6.07) is 0. The van der Waals surface area contributed by atoms with Gasteiger partial charge in [-0.3, -0.25) is 4.79 Å². The van der Waals surface area contributed by atoms with E-state index in [9.17, 15) is 4.79 Å². The molecule has 102 valence electrons. The predicted molar refractivity (Wildman–Crippen MR) is 72.3 cm³/mol. The molecule has 0 saturated heterocycles. The Morgan fingerprint density at radius 2 is 2.39 bits per heavy atom. The maximum Gasteiger partial charge on any atom is 0.303 e. The van der Waals surface area contributed by atoms with E-state index in [0.29, 0.717) is 13.0 Å². The van der Waals surface area contributed by atoms with Crippen LogP contribution < -0.4 is 5.32 Å². The Morgan fingerprint density at radius 1 is 1.56 bits per heavy atom. The van der Waals surface area contributed by atoms with Crippen molar-refractivity contribution in [2.24, 2.45) is 0 Å². The normalized spacial score (nSPS) is 10.5. The van der Waals surface area contributed by atoms with Crippen LogP contribution in [0.2, 0.25) is 0 Å². The lowest BCUT2D eigenvalue weighted by molar-refractivity contribution is -0.136. The van der Waals surface area contributed by atoms with Crippen LogP contribution in [0.1, 0.15) is 31.9 Å². The smallest absolute Gasteiger partial charge is 0.303 e. The minimum Gasteiger partial charge on any atom is -0.481 e. The van der Waals surface area contributed by atoms with Crippen LogP contribution in [0.5, 0.6) is 0 Å². The van der Waals surface area contributed by atoms with Gasteiger partial charge in [0.25, 0.3) is 0 Å². The highest BCUT2D eigenvalue weighted by molar-refractivity contribution is 7.13. The molecule has 0 aliphatic rings. The zero-order valence-electron chi connectivity index (χ0n) is 10.6. The van der Waals surface area contributed by atoms with E-state index in [1.165, 1.54) is 11.3 Å². The largest absolute Gasteiger partial charge is 0.481 e. The summed E-state index contributed by atoms with van der Waals surface area (Å²) in [6.45, 7) is 4.34. The number of unbranched alkanes of at least 4 members (excludes halogenated alkanes) is 1. The maximum atomic E-state index is 10.4. The van der Waals surface area contributed by atoms with Gasteiger partial charge in [0, 0.05) is 25.0 Å². The van der Waals surface area contributed by atoms with Crippen molar-refractivity contribution in [3.05, 3.63) is 11.1 Å². The van der Waals surface area contributed by atoms with E-state index in [0.717, 1.165) is 36.8 Å². The number of aryl methyl sites for hydroxylation is 1. The number of carbonyl (C=O) groups is 1. The van der Waals surface area contributed by atoms with E-state index in [1.54, 1.807) is 0 Å². The standard InChI is InChI=1S/C12H20N2O3S/c1-2-3-7-17-8-6-13-12-14-10(9-18-12)4-5-11(15)16/h9H,2-8H2,1H3,(H,13,14)(H,15,16). The van der Waals surface area contributed by atoms with Crippen molar-refractivity contribution >= 4 is 22.4 Å². The first-order valence-electron chi connectivity index (χ1n) is 6.20. The van der Waals surface area contributed by atoms with E-state index < -0.39 is 5.97 Å². The van der Waals surface area contributed by atoms with Crippen molar-refractivity contribution in [3.63, 3.8) is 0 Å². The van der Waals surface area contributed by atoms with Crippen molar-refractivity contribution < 1.29 is 14.6 Å². The van der Waals surface area contributed by atoms with E-state index in [2.05, 4.69) is 17.2 Å². The molecule has 6 heteroatoms. The van der Waals surface area contributed by atoms with Gasteiger partial charge in [0.1, 0.15) is 0 Å². The molecule has 1 aromatic rings. The number of thiazole rings is 1. The third kappa shape index (κ3) is 6.56. The molecule has 2 N–H and O–H groups in total. The maximum absolute atomic E-state index is 10.4. The van der Waals surface area contributed by atoms with Gasteiger partial charge in [-0.1, -0.05) is 13.3 Å². The number of carboxylic acids is 1. The highest BCUT2D eigenvalue weighted by Crippen LogP contribution is 2.16. The second-order valence-electron chi connectivity index (χ2n) is 3.93. The number of rotatable bonds is 10. The molecule has 0 radical (unpaired) electrons. The first kappa shape index (κ1) is 14.9. The monoisotopic (exact) mass is 272 g/mol. The zero-order chi connectivity index (χ0) is 13.2. The fourth-order valence-electron chi connectivity index (χ4n) is 1.32. The molecule has 0 spiro atoms. The molecule has 0 aliphatic heterocycles. The Bertz CT molecular complexity index is 355. The van der Waals surface area contributed by atoms with Crippen molar-refractivity contribution in [1.29, 1.82) is 0 Å². The molecule has 0 saturated carbocycles. The van der Waals surface area contributed by atoms with E-state index in [4.69, 9.17) is 9.84 Å². The number of anilines is 1. The highest BCUT2D eigenvalue weighted by Gasteiger charge is 2.04. The van der Waals surface area contributed by atoms with E-state index in [1.807, 2.05) is 5.38 Å². The van der Waals surface area contributed by atoms with Gasteiger partial charge in [-0.15, -0.1) is 11.3 Å². The van der Waals surface area contributed by atoms with Crippen LogP contribution in [0.25, 0.3) is 0 Å². The van der Waals surface area contributed by atoms with Gasteiger partial charge in [0.15, 0.2) is 5.13 Å². The summed E-state index contributed by atoms with van der Waals surface area (Å²) in [5.41, 5.74) is 0.830. The first-order chi connectivity index (χ1) is 8.72. The van der Waals surface area contributed by atoms with Crippen LogP contribution in [-0.2, 0) is 16.0 Å². The van der Waals surface area contributed by atoms with Gasteiger partial charge in [-0.2, -0.15) is 0 Å². The van der Waals surface area contributed by atoms with Crippen LogP contribution >= 0.6 is 11.3 Å². The predicted octanol–water partition coefficient (Wildman–Crippen LogP) is 2.39. The summed E-state index contributed by atoms with van der Waals surface area (Å²) >= 11 is 1.50. The topological polar surface area (TPSA) is 71.5 Å². The summed E-state index contributed by atoms with van der Waals surface area (Å²) in [4.78, 5) is 14.7. The third-order valence-corrected chi connectivity index (χ3v) is 3.16. The summed E-state index contributed by atoms with van der Waals surface area (Å²) in [5, 5.41) is 14.5. The van der Waals surface area contributed by atoms with Gasteiger partial charge in [-0.25, -0.2) is 4.98 Å². The molecule has 1 rings (SSSR count). The lowest BCUT2D eigenvalue weighted by Gasteiger charge is -2.03. The fourth-order valence-corrected chi connectivity index (χ4v) is 2.09. The van der Waals surface area contributed by atoms with Gasteiger partial charge < -0.3 is 15.2 Å². The molecule has 1 heterocycles. The molecular formula is C12H20N2O3S. The minimum absolute atomic E-state index is 0.128. The quantitative estimate of drug-likeness (QED) is 0.640. The summed E-state index contributed by atoms with van der Waals surface area (Å²) in [5.74, 6) is -0.790. The number of aliphatic carboxylic acids is 1. The molecule has 5 nitrogen and oxygen atoms in total. The fraction of sp³-hybridized carbons (Fsp3) is 0.667. The van der Waals surface area contributed by atoms with Gasteiger partial charge >= 0.3 is 5.97 Å². The SMILES string of the molecule is CCCCOCCNc1nc(CCC(=O)O)cs1.